The molecule has 0 saturated carbocycles. The van der Waals surface area contributed by atoms with Crippen LogP contribution in [0.1, 0.15) is 5.69 Å². The Bertz CT molecular complexity index is 1040. The average molecular weight is 361 g/mol. The maximum atomic E-state index is 4.59. The summed E-state index contributed by atoms with van der Waals surface area (Å²) in [6, 6.07) is 7.89. The lowest BCUT2D eigenvalue weighted by atomic mass is 10.3. The lowest BCUT2D eigenvalue weighted by molar-refractivity contribution is 0.637. The van der Waals surface area contributed by atoms with E-state index in [4.69, 9.17) is 0 Å². The Morgan fingerprint density at radius 3 is 2.41 bits per heavy atom. The van der Waals surface area contributed by atoms with E-state index in [9.17, 15) is 0 Å². The lowest BCUT2D eigenvalue weighted by Crippen LogP contribution is -2.47. The molecule has 1 aliphatic rings. The second kappa shape index (κ2) is 6.35. The monoisotopic (exact) mass is 361 g/mol. The molecular formula is C18H19N9. The summed E-state index contributed by atoms with van der Waals surface area (Å²) >= 11 is 0. The van der Waals surface area contributed by atoms with Crippen molar-refractivity contribution in [2.24, 2.45) is 0 Å². The Morgan fingerprint density at radius 2 is 1.67 bits per heavy atom. The van der Waals surface area contributed by atoms with E-state index in [-0.39, 0.29) is 0 Å². The molecule has 0 aliphatic carbocycles. The minimum absolute atomic E-state index is 0.717. The zero-order valence-corrected chi connectivity index (χ0v) is 15.0. The third kappa shape index (κ3) is 2.86. The van der Waals surface area contributed by atoms with E-state index < -0.39 is 0 Å². The number of fused-ring (bicyclic) bond motifs is 1. The molecular weight excluding hydrogens is 342 g/mol. The van der Waals surface area contributed by atoms with Gasteiger partial charge in [0, 0.05) is 51.0 Å². The maximum absolute atomic E-state index is 4.59. The first-order valence-electron chi connectivity index (χ1n) is 8.92. The summed E-state index contributed by atoms with van der Waals surface area (Å²) in [7, 11) is 0. The van der Waals surface area contributed by atoms with Crippen molar-refractivity contribution in [2.75, 3.05) is 36.0 Å². The summed E-state index contributed by atoms with van der Waals surface area (Å²) in [6.07, 6.45) is 7.28. The summed E-state index contributed by atoms with van der Waals surface area (Å²) in [4.78, 5) is 9.14. The number of nitrogens with zero attached hydrogens (tertiary/aromatic N) is 9. The highest BCUT2D eigenvalue weighted by Crippen LogP contribution is 2.22. The number of hydrogen-bond acceptors (Lipinski definition) is 7. The predicted molar refractivity (Wildman–Crippen MR) is 101 cm³/mol. The molecule has 4 aromatic rings. The number of rotatable bonds is 3. The smallest absolute Gasteiger partial charge is 0.175 e. The van der Waals surface area contributed by atoms with Gasteiger partial charge in [0.15, 0.2) is 17.5 Å². The minimum atomic E-state index is 0.717. The molecule has 0 spiro atoms. The molecule has 1 saturated heterocycles. The first-order valence-corrected chi connectivity index (χ1v) is 8.92. The van der Waals surface area contributed by atoms with Gasteiger partial charge in [-0.05, 0) is 31.2 Å². The molecule has 1 fully saturated rings. The SMILES string of the molecule is Cc1cc2c(N3CCN(c4ccc(-n5cccn5)nn4)CC3)nccn2n1. The molecule has 0 aromatic carbocycles. The fourth-order valence-corrected chi connectivity index (χ4v) is 3.43. The van der Waals surface area contributed by atoms with Gasteiger partial charge in [-0.3, -0.25) is 0 Å². The quantitative estimate of drug-likeness (QED) is 0.545. The van der Waals surface area contributed by atoms with Crippen LogP contribution in [0.25, 0.3) is 11.3 Å². The summed E-state index contributed by atoms with van der Waals surface area (Å²) in [5.41, 5.74) is 2.04. The van der Waals surface area contributed by atoms with Crippen LogP contribution in [0, 0.1) is 6.92 Å². The van der Waals surface area contributed by atoms with Crippen LogP contribution in [0.3, 0.4) is 0 Å². The van der Waals surface area contributed by atoms with E-state index in [2.05, 4.69) is 41.2 Å². The van der Waals surface area contributed by atoms with Crippen molar-refractivity contribution < 1.29 is 0 Å². The van der Waals surface area contributed by atoms with Crippen molar-refractivity contribution in [3.8, 4) is 5.82 Å². The first kappa shape index (κ1) is 15.7. The van der Waals surface area contributed by atoms with Gasteiger partial charge in [0.2, 0.25) is 0 Å². The minimum Gasteiger partial charge on any atom is -0.352 e. The third-order valence-electron chi connectivity index (χ3n) is 4.77. The first-order chi connectivity index (χ1) is 13.3. The van der Waals surface area contributed by atoms with Crippen LogP contribution in [0.4, 0.5) is 11.6 Å². The molecule has 9 heteroatoms. The molecule has 0 bridgehead atoms. The zero-order chi connectivity index (χ0) is 18.2. The molecule has 9 nitrogen and oxygen atoms in total. The summed E-state index contributed by atoms with van der Waals surface area (Å²) < 4.78 is 3.60. The van der Waals surface area contributed by atoms with Gasteiger partial charge in [-0.25, -0.2) is 14.2 Å². The molecule has 1 aliphatic heterocycles. The normalized spacial score (nSPS) is 14.9. The third-order valence-corrected chi connectivity index (χ3v) is 4.77. The fraction of sp³-hybridized carbons (Fsp3) is 0.278. The summed E-state index contributed by atoms with van der Waals surface area (Å²) in [6.45, 7) is 5.48. The Morgan fingerprint density at radius 1 is 0.889 bits per heavy atom. The topological polar surface area (TPSA) is 80.3 Å². The standard InChI is InChI=1S/C18H19N9/c1-14-13-15-18(19-6-8-26(15)23-14)25-11-9-24(10-12-25)16-3-4-17(22-21-16)27-7-2-5-20-27/h2-8,13H,9-12H2,1H3. The fourth-order valence-electron chi connectivity index (χ4n) is 3.43. The molecule has 5 heterocycles. The van der Waals surface area contributed by atoms with Crippen LogP contribution in [-0.2, 0) is 0 Å². The average Bonchev–Trinajstić information content (AvgIpc) is 3.37. The Balaban J connectivity index is 1.31. The number of piperazine rings is 1. The van der Waals surface area contributed by atoms with E-state index in [1.807, 2.05) is 42.0 Å². The highest BCUT2D eigenvalue weighted by atomic mass is 15.4. The summed E-state index contributed by atoms with van der Waals surface area (Å²) in [5.74, 6) is 2.59. The van der Waals surface area contributed by atoms with Gasteiger partial charge in [-0.15, -0.1) is 10.2 Å². The van der Waals surface area contributed by atoms with Gasteiger partial charge in [-0.1, -0.05) is 0 Å². The molecule has 0 atom stereocenters. The van der Waals surface area contributed by atoms with Gasteiger partial charge < -0.3 is 9.80 Å². The molecule has 0 amide bonds. The number of anilines is 2. The van der Waals surface area contributed by atoms with E-state index in [0.717, 1.165) is 54.8 Å². The van der Waals surface area contributed by atoms with Crippen molar-refractivity contribution in [3.63, 3.8) is 0 Å². The Labute approximate surface area is 155 Å². The van der Waals surface area contributed by atoms with Crippen LogP contribution >= 0.6 is 0 Å². The van der Waals surface area contributed by atoms with Gasteiger partial charge >= 0.3 is 0 Å². The second-order valence-corrected chi connectivity index (χ2v) is 6.54. The predicted octanol–water partition coefficient (Wildman–Crippen LogP) is 1.34. The molecule has 0 N–H and O–H groups in total. The molecule has 5 rings (SSSR count). The van der Waals surface area contributed by atoms with E-state index in [1.165, 1.54) is 0 Å². The van der Waals surface area contributed by atoms with Gasteiger partial charge in [0.1, 0.15) is 5.52 Å². The van der Waals surface area contributed by atoms with Crippen molar-refractivity contribution in [3.05, 3.63) is 54.7 Å². The number of aryl methyl sites for hydroxylation is 1. The second-order valence-electron chi connectivity index (χ2n) is 6.54. The highest BCUT2D eigenvalue weighted by Gasteiger charge is 2.21. The largest absolute Gasteiger partial charge is 0.352 e. The number of aromatic nitrogens is 7. The Kier molecular flexibility index (Phi) is 3.70. The Hall–Kier alpha value is -3.49. The van der Waals surface area contributed by atoms with E-state index >= 15 is 0 Å². The van der Waals surface area contributed by atoms with Gasteiger partial charge in [0.05, 0.1) is 5.69 Å². The molecule has 136 valence electrons. The van der Waals surface area contributed by atoms with Crippen LogP contribution in [-0.4, -0.2) is 60.8 Å². The van der Waals surface area contributed by atoms with Gasteiger partial charge in [-0.2, -0.15) is 10.2 Å². The van der Waals surface area contributed by atoms with Crippen LogP contribution in [0.5, 0.6) is 0 Å². The molecule has 27 heavy (non-hydrogen) atoms. The highest BCUT2D eigenvalue weighted by molar-refractivity contribution is 5.69. The zero-order valence-electron chi connectivity index (χ0n) is 15.0. The van der Waals surface area contributed by atoms with Crippen LogP contribution in [0.2, 0.25) is 0 Å². The maximum Gasteiger partial charge on any atom is 0.175 e. The van der Waals surface area contributed by atoms with Crippen LogP contribution in [0.15, 0.2) is 49.1 Å². The van der Waals surface area contributed by atoms with Crippen molar-refractivity contribution in [2.45, 2.75) is 6.92 Å². The molecule has 4 aromatic heterocycles. The molecule has 0 radical (unpaired) electrons. The number of hydrogen-bond donors (Lipinski definition) is 0. The van der Waals surface area contributed by atoms with Crippen molar-refractivity contribution in [1.82, 2.24) is 34.6 Å². The summed E-state index contributed by atoms with van der Waals surface area (Å²) in [5, 5.41) is 17.3. The van der Waals surface area contributed by atoms with Crippen molar-refractivity contribution in [1.29, 1.82) is 0 Å². The van der Waals surface area contributed by atoms with Crippen LogP contribution < -0.4 is 9.80 Å². The molecule has 0 unspecified atom stereocenters. The van der Waals surface area contributed by atoms with E-state index in [0.29, 0.717) is 0 Å². The van der Waals surface area contributed by atoms with Crippen molar-refractivity contribution >= 4 is 17.2 Å². The van der Waals surface area contributed by atoms with E-state index in [1.54, 1.807) is 17.1 Å². The van der Waals surface area contributed by atoms with Gasteiger partial charge in [0.25, 0.3) is 0 Å². The lowest BCUT2D eigenvalue weighted by Gasteiger charge is -2.35.